The van der Waals surface area contributed by atoms with Gasteiger partial charge in [0.05, 0.1) is 9.95 Å². The minimum atomic E-state index is -0.478. The lowest BCUT2D eigenvalue weighted by Gasteiger charge is -2.09. The summed E-state index contributed by atoms with van der Waals surface area (Å²) in [6, 6.07) is 9.03. The molecule has 7 heteroatoms. The van der Waals surface area contributed by atoms with Crippen LogP contribution in [0.1, 0.15) is 5.56 Å². The smallest absolute Gasteiger partial charge is 0.273 e. The Kier molecular flexibility index (Phi) is 4.59. The van der Waals surface area contributed by atoms with Crippen LogP contribution in [-0.4, -0.2) is 12.0 Å². The summed E-state index contributed by atoms with van der Waals surface area (Å²) in [6.45, 7) is 0.379. The molecule has 2 rings (SSSR count). The van der Waals surface area contributed by atoms with Crippen molar-refractivity contribution in [1.82, 2.24) is 0 Å². The van der Waals surface area contributed by atoms with Crippen molar-refractivity contribution in [2.75, 3.05) is 17.7 Å². The van der Waals surface area contributed by atoms with Crippen molar-refractivity contribution in [2.45, 2.75) is 6.54 Å². The quantitative estimate of drug-likeness (QED) is 0.646. The van der Waals surface area contributed by atoms with Gasteiger partial charge in [0.2, 0.25) is 0 Å². The molecule has 0 atom stereocenters. The highest BCUT2D eigenvalue weighted by Crippen LogP contribution is 2.25. The zero-order valence-electron chi connectivity index (χ0n) is 11.2. The first-order valence-corrected chi connectivity index (χ1v) is 6.52. The Balaban J connectivity index is 2.17. The van der Waals surface area contributed by atoms with Crippen LogP contribution in [0.3, 0.4) is 0 Å². The molecule has 0 aliphatic heterocycles. The summed E-state index contributed by atoms with van der Waals surface area (Å²) in [5.41, 5.74) is 1.98. The monoisotopic (exact) mass is 309 g/mol. The number of rotatable bonds is 5. The lowest BCUT2D eigenvalue weighted by molar-refractivity contribution is -0.384. The number of benzene rings is 2. The maximum atomic E-state index is 13.1. The Morgan fingerprint density at radius 3 is 2.57 bits per heavy atom. The average molecular weight is 310 g/mol. The molecule has 110 valence electrons. The van der Waals surface area contributed by atoms with Gasteiger partial charge in [0, 0.05) is 37.1 Å². The maximum absolute atomic E-state index is 13.1. The Labute approximate surface area is 125 Å². The molecular formula is C14H13ClFN3O2. The number of non-ortho nitro benzene ring substituents is 1. The van der Waals surface area contributed by atoms with Crippen LogP contribution < -0.4 is 10.6 Å². The molecule has 0 radical (unpaired) electrons. The van der Waals surface area contributed by atoms with Crippen LogP contribution >= 0.6 is 11.6 Å². The van der Waals surface area contributed by atoms with Gasteiger partial charge in [-0.3, -0.25) is 10.1 Å². The van der Waals surface area contributed by atoms with E-state index in [1.54, 1.807) is 19.2 Å². The summed E-state index contributed by atoms with van der Waals surface area (Å²) in [5.74, 6) is -0.478. The van der Waals surface area contributed by atoms with Crippen molar-refractivity contribution in [3.63, 3.8) is 0 Å². The summed E-state index contributed by atoms with van der Waals surface area (Å²) in [4.78, 5) is 10.4. The van der Waals surface area contributed by atoms with Crippen LogP contribution in [0.4, 0.5) is 21.5 Å². The highest BCUT2D eigenvalue weighted by molar-refractivity contribution is 6.30. The Hall–Kier alpha value is -2.34. The SMILES string of the molecule is CNc1cc(NCc2ccc(F)c(Cl)c2)cc([N+](=O)[O-])c1. The number of hydrogen-bond donors (Lipinski definition) is 2. The van der Waals surface area contributed by atoms with E-state index >= 15 is 0 Å². The molecule has 0 spiro atoms. The lowest BCUT2D eigenvalue weighted by atomic mass is 10.2. The zero-order chi connectivity index (χ0) is 15.4. The van der Waals surface area contributed by atoms with Gasteiger partial charge < -0.3 is 10.6 Å². The molecule has 0 heterocycles. The van der Waals surface area contributed by atoms with Crippen LogP contribution in [0.15, 0.2) is 36.4 Å². The fourth-order valence-corrected chi connectivity index (χ4v) is 2.02. The molecule has 0 fully saturated rings. The standard InChI is InChI=1S/C14H13ClFN3O2/c1-17-10-5-11(7-12(6-10)19(20)21)18-8-9-2-3-14(16)13(15)4-9/h2-7,17-18H,8H2,1H3. The number of nitrogens with zero attached hydrogens (tertiary/aromatic N) is 1. The minimum absolute atomic E-state index is 0.0125. The van der Waals surface area contributed by atoms with Crippen LogP contribution in [0.5, 0.6) is 0 Å². The Morgan fingerprint density at radius 1 is 1.24 bits per heavy atom. The topological polar surface area (TPSA) is 67.2 Å². The van der Waals surface area contributed by atoms with Gasteiger partial charge in [-0.1, -0.05) is 17.7 Å². The first-order chi connectivity index (χ1) is 9.99. The van der Waals surface area contributed by atoms with Crippen molar-refractivity contribution in [3.05, 3.63) is 62.9 Å². The average Bonchev–Trinajstić information content (AvgIpc) is 2.48. The number of nitro groups is 1. The maximum Gasteiger partial charge on any atom is 0.273 e. The normalized spacial score (nSPS) is 10.2. The van der Waals surface area contributed by atoms with Crippen LogP contribution in [0.2, 0.25) is 5.02 Å². The van der Waals surface area contributed by atoms with E-state index in [0.29, 0.717) is 17.9 Å². The molecule has 2 aromatic rings. The van der Waals surface area contributed by atoms with Gasteiger partial charge in [0.15, 0.2) is 0 Å². The predicted molar refractivity (Wildman–Crippen MR) is 81.4 cm³/mol. The first-order valence-electron chi connectivity index (χ1n) is 6.14. The predicted octanol–water partition coefficient (Wildman–Crippen LogP) is 4.04. The summed E-state index contributed by atoms with van der Waals surface area (Å²) in [6.07, 6.45) is 0. The Bertz CT molecular complexity index is 679. The number of anilines is 2. The third-order valence-electron chi connectivity index (χ3n) is 2.90. The van der Waals surface area contributed by atoms with E-state index in [9.17, 15) is 14.5 Å². The lowest BCUT2D eigenvalue weighted by Crippen LogP contribution is -2.02. The van der Waals surface area contributed by atoms with Crippen LogP contribution in [-0.2, 0) is 6.54 Å². The fourth-order valence-electron chi connectivity index (χ4n) is 1.82. The molecule has 2 N–H and O–H groups in total. The Morgan fingerprint density at radius 2 is 1.95 bits per heavy atom. The molecule has 0 aliphatic carbocycles. The van der Waals surface area contributed by atoms with E-state index in [4.69, 9.17) is 11.6 Å². The zero-order valence-corrected chi connectivity index (χ0v) is 11.9. The van der Waals surface area contributed by atoms with Gasteiger partial charge in [0.1, 0.15) is 5.82 Å². The van der Waals surface area contributed by atoms with Gasteiger partial charge in [0.25, 0.3) is 5.69 Å². The number of nitrogens with one attached hydrogen (secondary N) is 2. The minimum Gasteiger partial charge on any atom is -0.388 e. The van der Waals surface area contributed by atoms with E-state index in [-0.39, 0.29) is 10.7 Å². The van der Waals surface area contributed by atoms with Gasteiger partial charge in [-0.2, -0.15) is 0 Å². The second kappa shape index (κ2) is 6.41. The van der Waals surface area contributed by atoms with E-state index < -0.39 is 10.7 Å². The van der Waals surface area contributed by atoms with E-state index in [1.807, 2.05) is 0 Å². The third-order valence-corrected chi connectivity index (χ3v) is 3.19. The molecule has 5 nitrogen and oxygen atoms in total. The largest absolute Gasteiger partial charge is 0.388 e. The number of halogens is 2. The van der Waals surface area contributed by atoms with Gasteiger partial charge in [-0.25, -0.2) is 4.39 Å². The van der Waals surface area contributed by atoms with Crippen LogP contribution in [0.25, 0.3) is 0 Å². The summed E-state index contributed by atoms with van der Waals surface area (Å²) in [5, 5.41) is 16.8. The molecule has 0 aromatic heterocycles. The summed E-state index contributed by atoms with van der Waals surface area (Å²) >= 11 is 5.71. The highest BCUT2D eigenvalue weighted by Gasteiger charge is 2.09. The molecule has 0 saturated carbocycles. The molecule has 0 unspecified atom stereocenters. The molecule has 21 heavy (non-hydrogen) atoms. The van der Waals surface area contributed by atoms with Crippen molar-refractivity contribution >= 4 is 28.7 Å². The summed E-state index contributed by atoms with van der Waals surface area (Å²) in [7, 11) is 1.68. The first kappa shape index (κ1) is 15.1. The van der Waals surface area contributed by atoms with Crippen molar-refractivity contribution in [2.24, 2.45) is 0 Å². The number of nitro benzene ring substituents is 1. The molecule has 0 saturated heterocycles. The van der Waals surface area contributed by atoms with Crippen molar-refractivity contribution in [3.8, 4) is 0 Å². The van der Waals surface area contributed by atoms with E-state index in [0.717, 1.165) is 5.56 Å². The second-order valence-corrected chi connectivity index (χ2v) is 4.78. The summed E-state index contributed by atoms with van der Waals surface area (Å²) < 4.78 is 13.1. The van der Waals surface area contributed by atoms with Gasteiger partial charge in [-0.15, -0.1) is 0 Å². The molecular weight excluding hydrogens is 297 g/mol. The van der Waals surface area contributed by atoms with Gasteiger partial charge >= 0.3 is 0 Å². The van der Waals surface area contributed by atoms with Gasteiger partial charge in [-0.05, 0) is 23.8 Å². The number of hydrogen-bond acceptors (Lipinski definition) is 4. The second-order valence-electron chi connectivity index (χ2n) is 4.38. The molecule has 0 bridgehead atoms. The third kappa shape index (κ3) is 3.82. The fraction of sp³-hybridized carbons (Fsp3) is 0.143. The van der Waals surface area contributed by atoms with Crippen molar-refractivity contribution < 1.29 is 9.31 Å². The molecule has 0 amide bonds. The highest BCUT2D eigenvalue weighted by atomic mass is 35.5. The van der Waals surface area contributed by atoms with Crippen molar-refractivity contribution in [1.29, 1.82) is 0 Å². The van der Waals surface area contributed by atoms with Crippen LogP contribution in [0, 0.1) is 15.9 Å². The van der Waals surface area contributed by atoms with E-state index in [2.05, 4.69) is 10.6 Å². The van der Waals surface area contributed by atoms with E-state index in [1.165, 1.54) is 24.3 Å². The molecule has 2 aromatic carbocycles. The molecule has 0 aliphatic rings.